The quantitative estimate of drug-likeness (QED) is 0.832. The third-order valence-electron chi connectivity index (χ3n) is 4.35. The molecule has 0 spiro atoms. The highest BCUT2D eigenvalue weighted by atomic mass is 35.5. The number of aromatic amines is 1. The predicted octanol–water partition coefficient (Wildman–Crippen LogP) is 2.48. The topological polar surface area (TPSA) is 86.4 Å². The molecule has 1 saturated heterocycles. The molecule has 2 aromatic rings. The molecule has 0 saturated carbocycles. The summed E-state index contributed by atoms with van der Waals surface area (Å²) < 4.78 is 27.1. The SMILES string of the molecule is Cc1n[nH]c(C)c1S(=O)(=O)N1CCN(C(=O)c2ccc(Cl)c(Cl)c2)CC1. The van der Waals surface area contributed by atoms with Gasteiger partial charge < -0.3 is 4.90 Å². The molecule has 1 aliphatic rings. The minimum absolute atomic E-state index is 0.198. The third kappa shape index (κ3) is 3.46. The van der Waals surface area contributed by atoms with Gasteiger partial charge in [0, 0.05) is 31.7 Å². The van der Waals surface area contributed by atoms with Gasteiger partial charge in [0.05, 0.1) is 21.4 Å². The van der Waals surface area contributed by atoms with Crippen LogP contribution in [-0.4, -0.2) is 59.9 Å². The van der Waals surface area contributed by atoms with Crippen LogP contribution in [-0.2, 0) is 10.0 Å². The lowest BCUT2D eigenvalue weighted by molar-refractivity contribution is 0.0698. The van der Waals surface area contributed by atoms with Crippen molar-refractivity contribution in [3.63, 3.8) is 0 Å². The lowest BCUT2D eigenvalue weighted by Crippen LogP contribution is -2.50. The minimum atomic E-state index is -3.64. The van der Waals surface area contributed by atoms with Crippen LogP contribution < -0.4 is 0 Å². The average molecular weight is 417 g/mol. The number of H-pyrrole nitrogens is 1. The van der Waals surface area contributed by atoms with Gasteiger partial charge in [-0.1, -0.05) is 23.2 Å². The van der Waals surface area contributed by atoms with E-state index < -0.39 is 10.0 Å². The van der Waals surface area contributed by atoms with E-state index in [2.05, 4.69) is 10.2 Å². The first-order chi connectivity index (χ1) is 12.2. The van der Waals surface area contributed by atoms with Gasteiger partial charge in [-0.2, -0.15) is 9.40 Å². The molecule has 1 N–H and O–H groups in total. The van der Waals surface area contributed by atoms with E-state index in [1.54, 1.807) is 30.9 Å². The molecule has 7 nitrogen and oxygen atoms in total. The second-order valence-electron chi connectivity index (χ2n) is 6.09. The number of nitrogens with one attached hydrogen (secondary N) is 1. The Labute approximate surface area is 161 Å². The molecule has 0 atom stereocenters. The van der Waals surface area contributed by atoms with Crippen LogP contribution >= 0.6 is 23.2 Å². The fourth-order valence-electron chi connectivity index (χ4n) is 2.99. The Bertz CT molecular complexity index is 931. The van der Waals surface area contributed by atoms with E-state index in [1.807, 2.05) is 0 Å². The van der Waals surface area contributed by atoms with Gasteiger partial charge in [0.15, 0.2) is 0 Å². The van der Waals surface area contributed by atoms with Crippen molar-refractivity contribution in [1.29, 1.82) is 0 Å². The van der Waals surface area contributed by atoms with Crippen LogP contribution in [0, 0.1) is 13.8 Å². The van der Waals surface area contributed by atoms with Crippen LogP contribution in [0.4, 0.5) is 0 Å². The number of carbonyl (C=O) groups excluding carboxylic acids is 1. The predicted molar refractivity (Wildman–Crippen MR) is 99.2 cm³/mol. The summed E-state index contributed by atoms with van der Waals surface area (Å²) in [5, 5.41) is 7.34. The molecule has 0 bridgehead atoms. The number of piperazine rings is 1. The molecular weight excluding hydrogens is 399 g/mol. The first-order valence-corrected chi connectivity index (χ1v) is 10.2. The van der Waals surface area contributed by atoms with Crippen molar-refractivity contribution in [1.82, 2.24) is 19.4 Å². The Balaban J connectivity index is 1.73. The lowest BCUT2D eigenvalue weighted by atomic mass is 10.2. The van der Waals surface area contributed by atoms with E-state index in [-0.39, 0.29) is 23.9 Å². The highest BCUT2D eigenvalue weighted by Crippen LogP contribution is 2.25. The molecular formula is C16H18Cl2N4O3S. The van der Waals surface area contributed by atoms with Crippen molar-refractivity contribution >= 4 is 39.1 Å². The van der Waals surface area contributed by atoms with E-state index in [0.29, 0.717) is 40.1 Å². The molecule has 10 heteroatoms. The first kappa shape index (κ1) is 19.2. The summed E-state index contributed by atoms with van der Waals surface area (Å²) in [5.74, 6) is -0.198. The lowest BCUT2D eigenvalue weighted by Gasteiger charge is -2.34. The number of hydrogen-bond donors (Lipinski definition) is 1. The van der Waals surface area contributed by atoms with Gasteiger partial charge >= 0.3 is 0 Å². The van der Waals surface area contributed by atoms with Crippen molar-refractivity contribution in [2.45, 2.75) is 18.7 Å². The summed E-state index contributed by atoms with van der Waals surface area (Å²) in [6, 6.07) is 4.70. The number of carbonyl (C=O) groups is 1. The number of halogens is 2. The van der Waals surface area contributed by atoms with Crippen LogP contribution in [0.5, 0.6) is 0 Å². The zero-order valence-electron chi connectivity index (χ0n) is 14.3. The van der Waals surface area contributed by atoms with Gasteiger partial charge in [0.1, 0.15) is 4.90 Å². The molecule has 1 aromatic carbocycles. The zero-order chi connectivity index (χ0) is 19.1. The Morgan fingerprint density at radius 3 is 2.31 bits per heavy atom. The van der Waals surface area contributed by atoms with Gasteiger partial charge in [0.25, 0.3) is 5.91 Å². The number of hydrogen-bond acceptors (Lipinski definition) is 4. The summed E-state index contributed by atoms with van der Waals surface area (Å²) in [5.41, 5.74) is 1.38. The smallest absolute Gasteiger partial charge is 0.253 e. The number of aromatic nitrogens is 2. The normalized spacial score (nSPS) is 16.1. The fourth-order valence-corrected chi connectivity index (χ4v) is 5.04. The minimum Gasteiger partial charge on any atom is -0.336 e. The number of amides is 1. The standard InChI is InChI=1S/C16H18Cl2N4O3S/c1-10-15(11(2)20-19-10)26(24,25)22-7-5-21(6-8-22)16(23)12-3-4-13(17)14(18)9-12/h3-4,9H,5-8H2,1-2H3,(H,19,20). The maximum absolute atomic E-state index is 12.8. The molecule has 1 aromatic heterocycles. The van der Waals surface area contributed by atoms with E-state index in [4.69, 9.17) is 23.2 Å². The maximum atomic E-state index is 12.8. The first-order valence-electron chi connectivity index (χ1n) is 7.98. The van der Waals surface area contributed by atoms with Crippen molar-refractivity contribution in [3.05, 3.63) is 45.2 Å². The third-order valence-corrected chi connectivity index (χ3v) is 7.25. The Kier molecular flexibility index (Phi) is 5.30. The van der Waals surface area contributed by atoms with Crippen LogP contribution in [0.3, 0.4) is 0 Å². The van der Waals surface area contributed by atoms with E-state index in [9.17, 15) is 13.2 Å². The molecule has 0 aliphatic carbocycles. The van der Waals surface area contributed by atoms with Crippen LogP contribution in [0.15, 0.2) is 23.1 Å². The second kappa shape index (κ2) is 7.19. The molecule has 0 unspecified atom stereocenters. The van der Waals surface area contributed by atoms with E-state index in [0.717, 1.165) is 0 Å². The van der Waals surface area contributed by atoms with Gasteiger partial charge in [-0.25, -0.2) is 8.42 Å². The Morgan fingerprint density at radius 2 is 1.77 bits per heavy atom. The molecule has 2 heterocycles. The molecule has 140 valence electrons. The van der Waals surface area contributed by atoms with Crippen molar-refractivity contribution in [2.24, 2.45) is 0 Å². The maximum Gasteiger partial charge on any atom is 0.253 e. The van der Waals surface area contributed by atoms with E-state index >= 15 is 0 Å². The van der Waals surface area contributed by atoms with Crippen LogP contribution in [0.2, 0.25) is 10.0 Å². The van der Waals surface area contributed by atoms with Crippen LogP contribution in [0.1, 0.15) is 21.7 Å². The second-order valence-corrected chi connectivity index (χ2v) is 8.78. The molecule has 0 radical (unpaired) electrons. The highest BCUT2D eigenvalue weighted by Gasteiger charge is 2.33. The summed E-state index contributed by atoms with van der Waals surface area (Å²) in [6.07, 6.45) is 0. The van der Waals surface area contributed by atoms with Gasteiger partial charge in [-0.15, -0.1) is 0 Å². The molecule has 1 fully saturated rings. The van der Waals surface area contributed by atoms with Gasteiger partial charge in [0.2, 0.25) is 10.0 Å². The number of nitrogens with zero attached hydrogens (tertiary/aromatic N) is 3. The van der Waals surface area contributed by atoms with Crippen molar-refractivity contribution in [2.75, 3.05) is 26.2 Å². The van der Waals surface area contributed by atoms with Gasteiger partial charge in [-0.3, -0.25) is 9.89 Å². The molecule has 26 heavy (non-hydrogen) atoms. The molecule has 3 rings (SSSR count). The average Bonchev–Trinajstić information content (AvgIpc) is 2.96. The highest BCUT2D eigenvalue weighted by molar-refractivity contribution is 7.89. The fraction of sp³-hybridized carbons (Fsp3) is 0.375. The van der Waals surface area contributed by atoms with Crippen LogP contribution in [0.25, 0.3) is 0 Å². The van der Waals surface area contributed by atoms with E-state index in [1.165, 1.54) is 10.4 Å². The zero-order valence-corrected chi connectivity index (χ0v) is 16.6. The number of rotatable bonds is 3. The monoisotopic (exact) mass is 416 g/mol. The Morgan fingerprint density at radius 1 is 1.12 bits per heavy atom. The number of benzene rings is 1. The summed E-state index contributed by atoms with van der Waals surface area (Å²) in [6.45, 7) is 4.37. The van der Waals surface area contributed by atoms with Crippen molar-refractivity contribution < 1.29 is 13.2 Å². The largest absolute Gasteiger partial charge is 0.336 e. The summed E-state index contributed by atoms with van der Waals surface area (Å²) in [7, 11) is -3.64. The summed E-state index contributed by atoms with van der Waals surface area (Å²) in [4.78, 5) is 14.4. The number of sulfonamides is 1. The van der Waals surface area contributed by atoms with Crippen molar-refractivity contribution in [3.8, 4) is 0 Å². The number of aryl methyl sites for hydroxylation is 2. The Hall–Kier alpha value is -1.61. The molecule has 1 amide bonds. The summed E-state index contributed by atoms with van der Waals surface area (Å²) >= 11 is 11.8. The molecule has 1 aliphatic heterocycles. The van der Waals surface area contributed by atoms with Gasteiger partial charge in [-0.05, 0) is 32.0 Å².